The molecule has 0 aliphatic heterocycles. The predicted octanol–water partition coefficient (Wildman–Crippen LogP) is 3.67. The minimum absolute atomic E-state index is 0.514. The topological polar surface area (TPSA) is 99.2 Å². The number of anilines is 2. The van der Waals surface area contributed by atoms with Crippen LogP contribution in [0.5, 0.6) is 0 Å². The van der Waals surface area contributed by atoms with Gasteiger partial charge in [0.15, 0.2) is 0 Å². The fourth-order valence-electron chi connectivity index (χ4n) is 3.30. The molecular weight excluding hydrogens is 390 g/mol. The van der Waals surface area contributed by atoms with Gasteiger partial charge in [-0.15, -0.1) is 0 Å². The van der Waals surface area contributed by atoms with E-state index in [1.54, 1.807) is 23.4 Å². The Kier molecular flexibility index (Phi) is 4.68. The molecule has 0 spiro atoms. The molecule has 2 aromatic carbocycles. The van der Waals surface area contributed by atoms with Crippen LogP contribution in [0.3, 0.4) is 0 Å². The lowest BCUT2D eigenvalue weighted by Gasteiger charge is -2.09. The van der Waals surface area contributed by atoms with Gasteiger partial charge in [0.25, 0.3) is 0 Å². The van der Waals surface area contributed by atoms with Crippen LogP contribution in [0.15, 0.2) is 73.2 Å². The lowest BCUT2D eigenvalue weighted by atomic mass is 10.1. The highest BCUT2D eigenvalue weighted by Crippen LogP contribution is 2.22. The maximum atomic E-state index is 4.66. The first-order chi connectivity index (χ1) is 15.2. The van der Waals surface area contributed by atoms with Crippen molar-refractivity contribution in [3.8, 4) is 22.6 Å². The predicted molar refractivity (Wildman–Crippen MR) is 117 cm³/mol. The third-order valence-electron chi connectivity index (χ3n) is 4.69. The molecule has 0 saturated heterocycles. The largest absolute Gasteiger partial charge is 0.324 e. The van der Waals surface area contributed by atoms with Gasteiger partial charge in [-0.25, -0.2) is 19.6 Å². The average molecular weight is 409 g/mol. The van der Waals surface area contributed by atoms with Crippen molar-refractivity contribution in [2.24, 2.45) is 0 Å². The lowest BCUT2D eigenvalue weighted by Crippen LogP contribution is -2.01. The lowest BCUT2D eigenvalue weighted by molar-refractivity contribution is 0.752. The smallest absolute Gasteiger partial charge is 0.227 e. The van der Waals surface area contributed by atoms with Crippen LogP contribution in [-0.4, -0.2) is 39.7 Å². The van der Waals surface area contributed by atoms with Gasteiger partial charge in [-0.1, -0.05) is 12.1 Å². The van der Waals surface area contributed by atoms with Crippen LogP contribution < -0.4 is 5.32 Å². The van der Waals surface area contributed by atoms with Gasteiger partial charge in [-0.3, -0.25) is 0 Å². The number of nitrogens with zero attached hydrogens (tertiary/aromatic N) is 8. The Morgan fingerprint density at radius 2 is 1.61 bits per heavy atom. The molecule has 5 rings (SSSR count). The molecule has 9 nitrogen and oxygen atoms in total. The van der Waals surface area contributed by atoms with Crippen molar-refractivity contribution in [2.75, 3.05) is 5.32 Å². The van der Waals surface area contributed by atoms with E-state index in [1.165, 1.54) is 0 Å². The fourth-order valence-corrected chi connectivity index (χ4v) is 3.30. The molecule has 3 aromatic heterocycles. The van der Waals surface area contributed by atoms with Crippen LogP contribution in [0.25, 0.3) is 22.6 Å². The van der Waals surface area contributed by atoms with Crippen LogP contribution in [0.1, 0.15) is 11.6 Å². The Hall–Kier alpha value is -4.40. The van der Waals surface area contributed by atoms with E-state index in [4.69, 9.17) is 0 Å². The van der Waals surface area contributed by atoms with Crippen molar-refractivity contribution >= 4 is 11.6 Å². The number of rotatable bonds is 5. The molecule has 0 fully saturated rings. The summed E-state index contributed by atoms with van der Waals surface area (Å²) in [5, 5.41) is 16.0. The summed E-state index contributed by atoms with van der Waals surface area (Å²) in [4.78, 5) is 14.9. The first-order valence-electron chi connectivity index (χ1n) is 9.74. The monoisotopic (exact) mass is 409 g/mol. The Morgan fingerprint density at radius 1 is 0.806 bits per heavy atom. The molecule has 3 heterocycles. The van der Waals surface area contributed by atoms with Crippen molar-refractivity contribution in [2.45, 2.75) is 13.8 Å². The molecule has 0 bridgehead atoms. The molecule has 31 heavy (non-hydrogen) atoms. The normalized spacial score (nSPS) is 10.9. The number of hydrogen-bond donors (Lipinski definition) is 1. The summed E-state index contributed by atoms with van der Waals surface area (Å²) in [5.74, 6) is 2.11. The highest BCUT2D eigenvalue weighted by atomic mass is 15.5. The molecular formula is C22H19N9. The molecule has 5 aromatic rings. The highest BCUT2D eigenvalue weighted by Gasteiger charge is 2.07. The first-order valence-corrected chi connectivity index (χ1v) is 9.74. The summed E-state index contributed by atoms with van der Waals surface area (Å²) in [6.07, 6.45) is 5.03. The number of aromatic nitrogens is 8. The quantitative estimate of drug-likeness (QED) is 0.473. The van der Waals surface area contributed by atoms with Crippen LogP contribution >= 0.6 is 0 Å². The minimum atomic E-state index is 0.514. The van der Waals surface area contributed by atoms with Crippen LogP contribution in [0, 0.1) is 13.8 Å². The summed E-state index contributed by atoms with van der Waals surface area (Å²) in [6.45, 7) is 3.81. The van der Waals surface area contributed by atoms with Gasteiger partial charge in [0.1, 0.15) is 11.6 Å². The van der Waals surface area contributed by atoms with Crippen molar-refractivity contribution in [1.82, 2.24) is 39.7 Å². The summed E-state index contributed by atoms with van der Waals surface area (Å²) in [6, 6.07) is 17.7. The van der Waals surface area contributed by atoms with Gasteiger partial charge >= 0.3 is 0 Å². The molecule has 0 unspecified atom stereocenters. The Balaban J connectivity index is 1.37. The second-order valence-electron chi connectivity index (χ2n) is 6.92. The van der Waals surface area contributed by atoms with E-state index in [0.717, 1.165) is 40.0 Å². The molecule has 0 radical (unpaired) electrons. The van der Waals surface area contributed by atoms with Crippen LogP contribution in [0.2, 0.25) is 0 Å². The fraction of sp³-hybridized carbons (Fsp3) is 0.0909. The van der Waals surface area contributed by atoms with E-state index in [9.17, 15) is 0 Å². The van der Waals surface area contributed by atoms with Crippen LogP contribution in [0.4, 0.5) is 11.6 Å². The molecule has 0 saturated carbocycles. The standard InChI is InChI=1S/C22H19N9/c1-15-26-16(2)30(29-15)19-8-6-18(7-9-19)27-22-23-11-10-21(28-22)17-4-3-5-20(14-17)31-24-12-13-25-31/h3-14H,1-2H3,(H,23,27,28). The van der Waals surface area contributed by atoms with Crippen LogP contribution in [-0.2, 0) is 0 Å². The van der Waals surface area contributed by atoms with E-state index in [2.05, 4.69) is 35.6 Å². The zero-order valence-electron chi connectivity index (χ0n) is 17.0. The van der Waals surface area contributed by atoms with Crippen molar-refractivity contribution in [1.29, 1.82) is 0 Å². The summed E-state index contributed by atoms with van der Waals surface area (Å²) < 4.78 is 1.82. The van der Waals surface area contributed by atoms with Gasteiger partial charge in [0.05, 0.1) is 29.5 Å². The average Bonchev–Trinajstić information content (AvgIpc) is 3.44. The van der Waals surface area contributed by atoms with Gasteiger partial charge in [-0.2, -0.15) is 20.1 Å². The molecule has 9 heteroatoms. The summed E-state index contributed by atoms with van der Waals surface area (Å²) >= 11 is 0. The van der Waals surface area contributed by atoms with E-state index < -0.39 is 0 Å². The number of hydrogen-bond acceptors (Lipinski definition) is 7. The second-order valence-corrected chi connectivity index (χ2v) is 6.92. The van der Waals surface area contributed by atoms with Crippen molar-refractivity contribution in [3.05, 3.63) is 84.8 Å². The SMILES string of the molecule is Cc1nc(C)n(-c2ccc(Nc3nccc(-c4cccc(-n5nccn5)c4)n3)cc2)n1. The molecule has 0 atom stereocenters. The Labute approximate surface area is 178 Å². The van der Waals surface area contributed by atoms with Crippen molar-refractivity contribution < 1.29 is 0 Å². The van der Waals surface area contributed by atoms with E-state index in [1.807, 2.05) is 73.1 Å². The number of nitrogens with one attached hydrogen (secondary N) is 1. The first kappa shape index (κ1) is 18.6. The van der Waals surface area contributed by atoms with Crippen molar-refractivity contribution in [3.63, 3.8) is 0 Å². The summed E-state index contributed by atoms with van der Waals surface area (Å²) in [5.41, 5.74) is 4.45. The minimum Gasteiger partial charge on any atom is -0.324 e. The number of aryl methyl sites for hydroxylation is 2. The van der Waals surface area contributed by atoms with Gasteiger partial charge in [0.2, 0.25) is 5.95 Å². The zero-order chi connectivity index (χ0) is 21.2. The van der Waals surface area contributed by atoms with Gasteiger partial charge in [0, 0.05) is 17.4 Å². The van der Waals surface area contributed by atoms with E-state index in [0.29, 0.717) is 5.95 Å². The summed E-state index contributed by atoms with van der Waals surface area (Å²) in [7, 11) is 0. The second kappa shape index (κ2) is 7.79. The van der Waals surface area contributed by atoms with E-state index in [-0.39, 0.29) is 0 Å². The molecule has 0 aliphatic rings. The molecule has 152 valence electrons. The van der Waals surface area contributed by atoms with Gasteiger partial charge < -0.3 is 5.32 Å². The molecule has 1 N–H and O–H groups in total. The molecule has 0 aliphatic carbocycles. The maximum absolute atomic E-state index is 4.66. The highest BCUT2D eigenvalue weighted by molar-refractivity contribution is 5.64. The maximum Gasteiger partial charge on any atom is 0.227 e. The van der Waals surface area contributed by atoms with Gasteiger partial charge in [-0.05, 0) is 56.3 Å². The zero-order valence-corrected chi connectivity index (χ0v) is 17.0. The molecule has 0 amide bonds. The Bertz CT molecular complexity index is 1320. The van der Waals surface area contributed by atoms with E-state index >= 15 is 0 Å². The third-order valence-corrected chi connectivity index (χ3v) is 4.69. The Morgan fingerprint density at radius 3 is 2.35 bits per heavy atom. The third kappa shape index (κ3) is 3.88. The number of benzene rings is 2.